The first-order valence-corrected chi connectivity index (χ1v) is 9.51. The number of rotatable bonds is 6. The Morgan fingerprint density at radius 3 is 2.41 bits per heavy atom. The molecule has 0 fully saturated rings. The maximum absolute atomic E-state index is 12.2. The molecule has 6 nitrogen and oxygen atoms in total. The molecule has 6 heteroatoms. The van der Waals surface area contributed by atoms with Gasteiger partial charge < -0.3 is 5.32 Å². The largest absolute Gasteiger partial charge is 0.326 e. The van der Waals surface area contributed by atoms with Crippen molar-refractivity contribution >= 4 is 11.6 Å². The monoisotopic (exact) mass is 383 g/mol. The van der Waals surface area contributed by atoms with Crippen LogP contribution >= 0.6 is 0 Å². The smallest absolute Gasteiger partial charge is 0.228 e. The molecular formula is C23H21N5O. The minimum absolute atomic E-state index is 0.0713. The average molecular weight is 383 g/mol. The van der Waals surface area contributed by atoms with Gasteiger partial charge in [0.15, 0.2) is 0 Å². The number of hydrogen-bond acceptors (Lipinski definition) is 4. The molecule has 0 spiro atoms. The van der Waals surface area contributed by atoms with E-state index in [0.29, 0.717) is 6.42 Å². The Balaban J connectivity index is 1.50. The van der Waals surface area contributed by atoms with Crippen LogP contribution in [0.4, 0.5) is 5.69 Å². The van der Waals surface area contributed by atoms with Gasteiger partial charge in [-0.05, 0) is 60.5 Å². The predicted octanol–water partition coefficient (Wildman–Crippen LogP) is 4.07. The lowest BCUT2D eigenvalue weighted by atomic mass is 10.2. The van der Waals surface area contributed by atoms with E-state index in [4.69, 9.17) is 5.10 Å². The maximum atomic E-state index is 12.2. The molecule has 0 radical (unpaired) electrons. The number of amides is 1. The molecule has 29 heavy (non-hydrogen) atoms. The van der Waals surface area contributed by atoms with Gasteiger partial charge in [-0.1, -0.05) is 13.0 Å². The molecule has 3 heterocycles. The fourth-order valence-corrected chi connectivity index (χ4v) is 3.13. The van der Waals surface area contributed by atoms with Crippen molar-refractivity contribution in [1.82, 2.24) is 19.7 Å². The fraction of sp³-hybridized carbons (Fsp3) is 0.130. The third-order valence-electron chi connectivity index (χ3n) is 4.59. The number of nitrogens with one attached hydrogen (secondary N) is 1. The zero-order valence-corrected chi connectivity index (χ0v) is 16.1. The van der Waals surface area contributed by atoms with Crippen molar-refractivity contribution in [2.24, 2.45) is 0 Å². The summed E-state index contributed by atoms with van der Waals surface area (Å²) in [5.41, 5.74) is 5.57. The van der Waals surface area contributed by atoms with E-state index < -0.39 is 0 Å². The average Bonchev–Trinajstić information content (AvgIpc) is 3.20. The second-order valence-electron chi connectivity index (χ2n) is 6.66. The van der Waals surface area contributed by atoms with Crippen molar-refractivity contribution in [3.05, 3.63) is 90.6 Å². The summed E-state index contributed by atoms with van der Waals surface area (Å²) in [6.45, 7) is 2.10. The highest BCUT2D eigenvalue weighted by Gasteiger charge is 2.11. The molecule has 1 N–H and O–H groups in total. The van der Waals surface area contributed by atoms with Gasteiger partial charge in [0.05, 0.1) is 17.8 Å². The van der Waals surface area contributed by atoms with E-state index in [2.05, 4.69) is 28.3 Å². The van der Waals surface area contributed by atoms with Crippen LogP contribution in [0, 0.1) is 0 Å². The Morgan fingerprint density at radius 1 is 1.00 bits per heavy atom. The number of aryl methyl sites for hydroxylation is 1. The van der Waals surface area contributed by atoms with Crippen LogP contribution < -0.4 is 5.32 Å². The number of carbonyl (C=O) groups excluding carboxylic acids is 1. The van der Waals surface area contributed by atoms with Crippen molar-refractivity contribution in [1.29, 1.82) is 0 Å². The molecule has 0 aliphatic heterocycles. The SMILES string of the molecule is CCc1cc(-c2cccnc2)nn1-c1ccc(NC(=O)Cc2cccnc2)cc1. The molecule has 4 aromatic rings. The molecule has 0 aliphatic rings. The normalized spacial score (nSPS) is 10.7. The topological polar surface area (TPSA) is 72.7 Å². The van der Waals surface area contributed by atoms with Gasteiger partial charge in [0.2, 0.25) is 5.91 Å². The predicted molar refractivity (Wildman–Crippen MR) is 113 cm³/mol. The molecule has 0 bridgehead atoms. The van der Waals surface area contributed by atoms with Gasteiger partial charge in [-0.15, -0.1) is 0 Å². The lowest BCUT2D eigenvalue weighted by molar-refractivity contribution is -0.115. The fourth-order valence-electron chi connectivity index (χ4n) is 3.13. The number of aromatic nitrogens is 4. The van der Waals surface area contributed by atoms with Crippen LogP contribution in [0.1, 0.15) is 18.2 Å². The number of pyridine rings is 2. The quantitative estimate of drug-likeness (QED) is 0.545. The van der Waals surface area contributed by atoms with Crippen molar-refractivity contribution in [3.8, 4) is 16.9 Å². The standard InChI is InChI=1S/C23H21N5O/c1-2-20-14-22(18-6-4-12-25-16-18)27-28(20)21-9-7-19(8-10-21)26-23(29)13-17-5-3-11-24-15-17/h3-12,14-16H,2,13H2,1H3,(H,26,29). The van der Waals surface area contributed by atoms with Gasteiger partial charge in [0.1, 0.15) is 0 Å². The highest BCUT2D eigenvalue weighted by atomic mass is 16.1. The van der Waals surface area contributed by atoms with Crippen LogP contribution in [-0.2, 0) is 17.6 Å². The van der Waals surface area contributed by atoms with Crippen molar-refractivity contribution in [2.75, 3.05) is 5.32 Å². The third-order valence-corrected chi connectivity index (χ3v) is 4.59. The number of nitrogens with zero attached hydrogens (tertiary/aromatic N) is 4. The van der Waals surface area contributed by atoms with E-state index in [-0.39, 0.29) is 5.91 Å². The van der Waals surface area contributed by atoms with Crippen LogP contribution in [0.2, 0.25) is 0 Å². The molecule has 0 saturated carbocycles. The first kappa shape index (κ1) is 18.6. The number of anilines is 1. The maximum Gasteiger partial charge on any atom is 0.228 e. The van der Waals surface area contributed by atoms with E-state index in [0.717, 1.165) is 40.3 Å². The number of carbonyl (C=O) groups is 1. The van der Waals surface area contributed by atoms with Crippen LogP contribution in [0.3, 0.4) is 0 Å². The molecule has 1 aromatic carbocycles. The number of hydrogen-bond donors (Lipinski definition) is 1. The Morgan fingerprint density at radius 2 is 1.76 bits per heavy atom. The van der Waals surface area contributed by atoms with Gasteiger partial charge in [-0.25, -0.2) is 4.68 Å². The lowest BCUT2D eigenvalue weighted by Gasteiger charge is -2.09. The van der Waals surface area contributed by atoms with Crippen molar-refractivity contribution in [3.63, 3.8) is 0 Å². The molecule has 0 unspecified atom stereocenters. The van der Waals surface area contributed by atoms with Crippen LogP contribution in [0.15, 0.2) is 79.4 Å². The summed E-state index contributed by atoms with van der Waals surface area (Å²) in [4.78, 5) is 20.4. The van der Waals surface area contributed by atoms with E-state index in [9.17, 15) is 4.79 Å². The van der Waals surface area contributed by atoms with Gasteiger partial charge in [-0.3, -0.25) is 14.8 Å². The van der Waals surface area contributed by atoms with Crippen LogP contribution in [-0.4, -0.2) is 25.7 Å². The Bertz CT molecular complexity index is 1090. The first-order valence-electron chi connectivity index (χ1n) is 9.51. The summed E-state index contributed by atoms with van der Waals surface area (Å²) < 4.78 is 1.93. The molecule has 0 aliphatic carbocycles. The van der Waals surface area contributed by atoms with E-state index in [1.54, 1.807) is 18.6 Å². The Labute approximate surface area is 169 Å². The van der Waals surface area contributed by atoms with Crippen LogP contribution in [0.25, 0.3) is 16.9 Å². The van der Waals surface area contributed by atoms with Gasteiger partial charge in [0.25, 0.3) is 0 Å². The molecule has 144 valence electrons. The van der Waals surface area contributed by atoms with Crippen molar-refractivity contribution in [2.45, 2.75) is 19.8 Å². The summed E-state index contributed by atoms with van der Waals surface area (Å²) in [7, 11) is 0. The summed E-state index contributed by atoms with van der Waals surface area (Å²) in [5.74, 6) is -0.0713. The second kappa shape index (κ2) is 8.48. The molecule has 4 rings (SSSR count). The van der Waals surface area contributed by atoms with Gasteiger partial charge in [0, 0.05) is 41.7 Å². The van der Waals surface area contributed by atoms with Gasteiger partial charge >= 0.3 is 0 Å². The van der Waals surface area contributed by atoms with Crippen molar-refractivity contribution < 1.29 is 4.79 Å². The lowest BCUT2D eigenvalue weighted by Crippen LogP contribution is -2.14. The Hall–Kier alpha value is -3.80. The minimum atomic E-state index is -0.0713. The summed E-state index contributed by atoms with van der Waals surface area (Å²) in [6, 6.07) is 17.4. The molecular weight excluding hydrogens is 362 g/mol. The minimum Gasteiger partial charge on any atom is -0.326 e. The highest BCUT2D eigenvalue weighted by molar-refractivity contribution is 5.92. The highest BCUT2D eigenvalue weighted by Crippen LogP contribution is 2.22. The molecule has 0 atom stereocenters. The van der Waals surface area contributed by atoms with E-state index in [1.807, 2.05) is 59.4 Å². The zero-order chi connectivity index (χ0) is 20.1. The first-order chi connectivity index (χ1) is 14.2. The Kier molecular flexibility index (Phi) is 5.42. The number of benzene rings is 1. The summed E-state index contributed by atoms with van der Waals surface area (Å²) >= 11 is 0. The molecule has 3 aromatic heterocycles. The molecule has 1 amide bonds. The third kappa shape index (κ3) is 4.38. The van der Waals surface area contributed by atoms with E-state index >= 15 is 0 Å². The summed E-state index contributed by atoms with van der Waals surface area (Å²) in [6.07, 6.45) is 8.11. The summed E-state index contributed by atoms with van der Waals surface area (Å²) in [5, 5.41) is 7.67. The second-order valence-corrected chi connectivity index (χ2v) is 6.66. The van der Waals surface area contributed by atoms with Crippen LogP contribution in [0.5, 0.6) is 0 Å². The zero-order valence-electron chi connectivity index (χ0n) is 16.1. The van der Waals surface area contributed by atoms with E-state index in [1.165, 1.54) is 0 Å². The molecule has 0 saturated heterocycles. The van der Waals surface area contributed by atoms with Gasteiger partial charge in [-0.2, -0.15) is 5.10 Å².